The number of aromatic amines is 1. The maximum absolute atomic E-state index is 11.9. The van der Waals surface area contributed by atoms with E-state index in [-0.39, 0.29) is 17.1 Å². The van der Waals surface area contributed by atoms with E-state index in [4.69, 9.17) is 33.7 Å². The predicted octanol–water partition coefficient (Wildman–Crippen LogP) is -0.482. The van der Waals surface area contributed by atoms with Crippen LogP contribution in [0.1, 0.15) is 13.2 Å². The number of aromatic nitrogens is 4. The monoisotopic (exact) mass is 373 g/mol. The number of nitrogens with two attached hydrogens (primary N) is 1. The number of hydrogen-bond donors (Lipinski definition) is 4. The van der Waals surface area contributed by atoms with Gasteiger partial charge in [0.25, 0.3) is 5.56 Å². The highest BCUT2D eigenvalue weighted by molar-refractivity contribution is 6.32. The van der Waals surface area contributed by atoms with Crippen molar-refractivity contribution in [3.8, 4) is 11.3 Å². The summed E-state index contributed by atoms with van der Waals surface area (Å²) in [4.78, 5) is 20.5. The quantitative estimate of drug-likeness (QED) is 0.411. The Balaban J connectivity index is 2.20. The van der Waals surface area contributed by atoms with Crippen LogP contribution in [0.2, 0.25) is 0 Å². The summed E-state index contributed by atoms with van der Waals surface area (Å²) in [5.41, 5.74) is 5.14. The molecule has 9 nitrogen and oxygen atoms in total. The first-order valence-corrected chi connectivity index (χ1v) is 7.60. The zero-order valence-electron chi connectivity index (χ0n) is 12.3. The molecule has 3 rings (SSSR count). The molecule has 2 aromatic heterocycles. The van der Waals surface area contributed by atoms with E-state index in [1.807, 2.05) is 0 Å². The molecule has 0 saturated carbocycles. The zero-order chi connectivity index (χ0) is 17.6. The number of hydrogen-bond acceptors (Lipinski definition) is 7. The molecule has 0 aromatic carbocycles. The van der Waals surface area contributed by atoms with Crippen molar-refractivity contribution in [3.05, 3.63) is 16.7 Å². The summed E-state index contributed by atoms with van der Waals surface area (Å²) >= 11 is 11.9. The molecule has 2 unspecified atom stereocenters. The van der Waals surface area contributed by atoms with Gasteiger partial charge in [0.15, 0.2) is 22.3 Å². The average Bonchev–Trinajstić information content (AvgIpc) is 3.00. The van der Waals surface area contributed by atoms with Gasteiger partial charge >= 0.3 is 0 Å². The van der Waals surface area contributed by atoms with Crippen molar-refractivity contribution >= 4 is 40.3 Å². The van der Waals surface area contributed by atoms with Crippen molar-refractivity contribution < 1.29 is 14.9 Å². The molecule has 1 fully saturated rings. The van der Waals surface area contributed by atoms with Crippen molar-refractivity contribution in [1.29, 1.82) is 0 Å². The maximum atomic E-state index is 11.9. The summed E-state index contributed by atoms with van der Waals surface area (Å²) in [6.07, 6.45) is -3.26. The lowest BCUT2D eigenvalue weighted by atomic mass is 9.97. The molecular formula is C13H13Cl2N5O4. The largest absolute Gasteiger partial charge is 0.391 e. The van der Waals surface area contributed by atoms with Crippen LogP contribution in [0.4, 0.5) is 5.95 Å². The molecule has 0 bridgehead atoms. The van der Waals surface area contributed by atoms with Crippen molar-refractivity contribution in [2.24, 2.45) is 0 Å². The minimum atomic E-state index is -1.68. The number of H-pyrrole nitrogens is 1. The van der Waals surface area contributed by atoms with E-state index in [0.717, 1.165) is 0 Å². The van der Waals surface area contributed by atoms with Crippen LogP contribution < -0.4 is 11.3 Å². The van der Waals surface area contributed by atoms with Crippen LogP contribution in [0.3, 0.4) is 0 Å². The van der Waals surface area contributed by atoms with Gasteiger partial charge in [-0.05, 0) is 18.5 Å². The fourth-order valence-electron chi connectivity index (χ4n) is 2.68. The van der Waals surface area contributed by atoms with Gasteiger partial charge in [0.05, 0.1) is 12.4 Å². The number of nitrogens with one attached hydrogen (secondary N) is 1. The SMILES string of the molecule is C[C@@H](O)[C@H]1O[C@@H](n2cnc3c(=O)[nH]c(N)nc32)C(Cl)(C#CCl)C1O. The summed E-state index contributed by atoms with van der Waals surface area (Å²) in [6, 6.07) is 0. The first kappa shape index (κ1) is 17.0. The van der Waals surface area contributed by atoms with E-state index in [2.05, 4.69) is 26.3 Å². The molecule has 24 heavy (non-hydrogen) atoms. The number of nitrogen functional groups attached to an aromatic ring is 1. The molecule has 1 aliphatic heterocycles. The molecule has 1 saturated heterocycles. The number of aliphatic hydroxyl groups excluding tert-OH is 2. The predicted molar refractivity (Wildman–Crippen MR) is 86.4 cm³/mol. The summed E-state index contributed by atoms with van der Waals surface area (Å²) < 4.78 is 6.99. The number of alkyl halides is 1. The molecule has 2 aromatic rings. The van der Waals surface area contributed by atoms with Crippen LogP contribution in [0.25, 0.3) is 11.2 Å². The third-order valence-electron chi connectivity index (χ3n) is 3.80. The van der Waals surface area contributed by atoms with E-state index in [0.29, 0.717) is 0 Å². The molecule has 11 heteroatoms. The van der Waals surface area contributed by atoms with E-state index >= 15 is 0 Å². The highest BCUT2D eigenvalue weighted by atomic mass is 35.5. The van der Waals surface area contributed by atoms with Gasteiger partial charge in [-0.3, -0.25) is 14.3 Å². The highest BCUT2D eigenvalue weighted by Gasteiger charge is 2.57. The van der Waals surface area contributed by atoms with E-state index in [1.54, 1.807) is 0 Å². The average molecular weight is 374 g/mol. The fraction of sp³-hybridized carbons (Fsp3) is 0.462. The third kappa shape index (κ3) is 2.44. The van der Waals surface area contributed by atoms with Crippen molar-refractivity contribution in [2.45, 2.75) is 36.3 Å². The Morgan fingerprint density at radius 2 is 2.33 bits per heavy atom. The smallest absolute Gasteiger partial charge is 0.280 e. The summed E-state index contributed by atoms with van der Waals surface area (Å²) in [6.45, 7) is 1.44. The molecule has 0 amide bonds. The first-order valence-electron chi connectivity index (χ1n) is 6.85. The van der Waals surface area contributed by atoms with Gasteiger partial charge < -0.3 is 20.7 Å². The van der Waals surface area contributed by atoms with Crippen LogP contribution in [-0.4, -0.2) is 52.9 Å². The molecule has 5 N–H and O–H groups in total. The Morgan fingerprint density at radius 1 is 1.62 bits per heavy atom. The molecule has 1 aliphatic rings. The van der Waals surface area contributed by atoms with Crippen molar-refractivity contribution in [2.75, 3.05) is 5.73 Å². The van der Waals surface area contributed by atoms with Gasteiger partial charge in [-0.2, -0.15) is 4.98 Å². The number of nitrogens with zero attached hydrogens (tertiary/aromatic N) is 3. The summed E-state index contributed by atoms with van der Waals surface area (Å²) in [5.74, 6) is 2.37. The minimum absolute atomic E-state index is 0.0145. The second-order valence-corrected chi connectivity index (χ2v) is 6.22. The Bertz CT molecular complexity index is 901. The summed E-state index contributed by atoms with van der Waals surface area (Å²) in [5, 5.41) is 22.4. The van der Waals surface area contributed by atoms with Gasteiger partial charge in [0.2, 0.25) is 5.95 Å². The molecule has 5 atom stereocenters. The molecule has 3 heterocycles. The van der Waals surface area contributed by atoms with E-state index in [9.17, 15) is 15.0 Å². The van der Waals surface area contributed by atoms with Gasteiger partial charge in [-0.25, -0.2) is 4.98 Å². The van der Waals surface area contributed by atoms with E-state index in [1.165, 1.54) is 17.8 Å². The lowest BCUT2D eigenvalue weighted by Crippen LogP contribution is -2.43. The molecule has 128 valence electrons. The first-order chi connectivity index (χ1) is 11.3. The molecule has 0 aliphatic carbocycles. The van der Waals surface area contributed by atoms with Gasteiger partial charge in [0.1, 0.15) is 12.2 Å². The van der Waals surface area contributed by atoms with Gasteiger partial charge in [-0.1, -0.05) is 17.5 Å². The second-order valence-electron chi connectivity index (χ2n) is 5.40. The van der Waals surface area contributed by atoms with Gasteiger partial charge in [-0.15, -0.1) is 0 Å². The van der Waals surface area contributed by atoms with Crippen LogP contribution >= 0.6 is 23.2 Å². The van der Waals surface area contributed by atoms with Crippen LogP contribution in [-0.2, 0) is 4.74 Å². The van der Waals surface area contributed by atoms with Crippen LogP contribution in [0.15, 0.2) is 11.1 Å². The van der Waals surface area contributed by atoms with Crippen LogP contribution in [0, 0.1) is 11.3 Å². The standard InChI is InChI=1S/C13H13Cl2N5O4/c1-5(21)7-8(22)13(15,2-3-14)11(24-7)20-4-17-6-9(20)18-12(16)19-10(6)23/h4-5,7-8,11,21-22H,1H3,(H3,16,18,19,23)/t5-,7-,8?,11-,13?/m1/s1. The number of fused-ring (bicyclic) bond motifs is 1. The lowest BCUT2D eigenvalue weighted by molar-refractivity contribution is -0.0752. The fourth-order valence-corrected chi connectivity index (χ4v) is 3.21. The lowest BCUT2D eigenvalue weighted by Gasteiger charge is -2.25. The zero-order valence-corrected chi connectivity index (χ0v) is 13.8. The van der Waals surface area contributed by atoms with Crippen molar-refractivity contribution in [1.82, 2.24) is 19.5 Å². The molecular weight excluding hydrogens is 361 g/mol. The number of imidazole rings is 1. The second kappa shape index (κ2) is 5.91. The molecule has 0 spiro atoms. The van der Waals surface area contributed by atoms with Gasteiger partial charge in [0, 0.05) is 5.38 Å². The topological polar surface area (TPSA) is 139 Å². The number of halogens is 2. The molecule has 0 radical (unpaired) electrons. The Hall–Kier alpha value is -1.83. The number of aliphatic hydroxyl groups is 2. The van der Waals surface area contributed by atoms with E-state index < -0.39 is 35.0 Å². The van der Waals surface area contributed by atoms with Crippen LogP contribution in [0.5, 0.6) is 0 Å². The van der Waals surface area contributed by atoms with Crippen molar-refractivity contribution in [3.63, 3.8) is 0 Å². The Morgan fingerprint density at radius 3 is 2.96 bits per heavy atom. The third-order valence-corrected chi connectivity index (χ3v) is 4.40. The summed E-state index contributed by atoms with van der Waals surface area (Å²) in [7, 11) is 0. The number of ether oxygens (including phenoxy) is 1. The highest BCUT2D eigenvalue weighted by Crippen LogP contribution is 2.44. The number of rotatable bonds is 2. The minimum Gasteiger partial charge on any atom is -0.391 e. The Labute approximate surface area is 145 Å². The Kier molecular flexibility index (Phi) is 4.19. The number of anilines is 1. The normalized spacial score (nSPS) is 31.0. The maximum Gasteiger partial charge on any atom is 0.280 e.